The van der Waals surface area contributed by atoms with Gasteiger partial charge in [0, 0.05) is 12.6 Å². The summed E-state index contributed by atoms with van der Waals surface area (Å²) in [5, 5.41) is 0. The predicted molar refractivity (Wildman–Crippen MR) is 86.8 cm³/mol. The molecule has 0 saturated carbocycles. The van der Waals surface area contributed by atoms with Crippen LogP contribution in [0.4, 0.5) is 0 Å². The maximum absolute atomic E-state index is 5.92. The van der Waals surface area contributed by atoms with E-state index in [1.807, 2.05) is 0 Å². The van der Waals surface area contributed by atoms with Gasteiger partial charge in [-0.05, 0) is 55.8 Å². The lowest BCUT2D eigenvalue weighted by atomic mass is 9.86. The summed E-state index contributed by atoms with van der Waals surface area (Å²) in [4.78, 5) is 2.60. The van der Waals surface area contributed by atoms with Crippen LogP contribution >= 0.6 is 0 Å². The number of nitrogens with zero attached hydrogens (tertiary/aromatic N) is 1. The number of rotatable bonds is 5. The Morgan fingerprint density at radius 1 is 1.30 bits per heavy atom. The van der Waals surface area contributed by atoms with Crippen LogP contribution in [0.3, 0.4) is 0 Å². The molecule has 2 N–H and O–H groups in total. The van der Waals surface area contributed by atoms with E-state index in [4.69, 9.17) is 5.73 Å². The van der Waals surface area contributed by atoms with Crippen molar-refractivity contribution in [2.75, 3.05) is 19.6 Å². The van der Waals surface area contributed by atoms with E-state index >= 15 is 0 Å². The summed E-state index contributed by atoms with van der Waals surface area (Å²) >= 11 is 0. The smallest absolute Gasteiger partial charge is 0.0320 e. The minimum Gasteiger partial charge on any atom is -0.330 e. The molecule has 1 saturated heterocycles. The Kier molecular flexibility index (Phi) is 5.62. The number of hydrogen-bond acceptors (Lipinski definition) is 2. The van der Waals surface area contributed by atoms with Crippen LogP contribution in [0.25, 0.3) is 0 Å². The topological polar surface area (TPSA) is 29.3 Å². The molecular weight excluding hydrogens is 244 g/mol. The van der Waals surface area contributed by atoms with Crippen molar-refractivity contribution in [3.8, 4) is 0 Å². The van der Waals surface area contributed by atoms with Gasteiger partial charge in [-0.2, -0.15) is 0 Å². The molecule has 1 fully saturated rings. The van der Waals surface area contributed by atoms with Gasteiger partial charge in [0.2, 0.25) is 0 Å². The SMILES string of the molecule is CCCc1ccc(C(C)N2CCC(C)C(CN)C2)cc1. The fourth-order valence-electron chi connectivity index (χ4n) is 3.30. The Morgan fingerprint density at radius 2 is 2.00 bits per heavy atom. The minimum absolute atomic E-state index is 0.507. The lowest BCUT2D eigenvalue weighted by Gasteiger charge is -2.40. The third kappa shape index (κ3) is 3.62. The second-order valence-corrected chi connectivity index (χ2v) is 6.42. The molecule has 2 rings (SSSR count). The molecule has 0 bridgehead atoms. The fraction of sp³-hybridized carbons (Fsp3) is 0.667. The van der Waals surface area contributed by atoms with Crippen LogP contribution in [0.2, 0.25) is 0 Å². The summed E-state index contributed by atoms with van der Waals surface area (Å²) in [5.41, 5.74) is 8.82. The van der Waals surface area contributed by atoms with Crippen LogP contribution in [0, 0.1) is 11.8 Å². The summed E-state index contributed by atoms with van der Waals surface area (Å²) in [7, 11) is 0. The first-order valence-corrected chi connectivity index (χ1v) is 8.18. The lowest BCUT2D eigenvalue weighted by Crippen LogP contribution is -2.43. The normalized spacial score (nSPS) is 25.6. The van der Waals surface area contributed by atoms with Gasteiger partial charge in [0.1, 0.15) is 0 Å². The first-order valence-electron chi connectivity index (χ1n) is 8.18. The molecule has 1 aromatic rings. The number of benzene rings is 1. The van der Waals surface area contributed by atoms with Crippen molar-refractivity contribution in [1.29, 1.82) is 0 Å². The summed E-state index contributed by atoms with van der Waals surface area (Å²) in [6, 6.07) is 9.72. The Hall–Kier alpha value is -0.860. The van der Waals surface area contributed by atoms with Crippen molar-refractivity contribution in [2.45, 2.75) is 46.1 Å². The largest absolute Gasteiger partial charge is 0.330 e. The summed E-state index contributed by atoms with van der Waals surface area (Å²) in [5.74, 6) is 1.43. The molecule has 1 aliphatic heterocycles. The molecule has 1 aromatic carbocycles. The van der Waals surface area contributed by atoms with Crippen molar-refractivity contribution in [2.24, 2.45) is 17.6 Å². The first-order chi connectivity index (χ1) is 9.65. The molecule has 2 nitrogen and oxygen atoms in total. The van der Waals surface area contributed by atoms with Crippen molar-refractivity contribution in [1.82, 2.24) is 4.90 Å². The summed E-state index contributed by atoms with van der Waals surface area (Å²) < 4.78 is 0. The molecule has 2 heteroatoms. The summed E-state index contributed by atoms with van der Waals surface area (Å²) in [6.07, 6.45) is 3.68. The Morgan fingerprint density at radius 3 is 2.60 bits per heavy atom. The highest BCUT2D eigenvalue weighted by Crippen LogP contribution is 2.29. The number of aryl methyl sites for hydroxylation is 1. The zero-order chi connectivity index (χ0) is 14.5. The number of nitrogens with two attached hydrogens (primary N) is 1. The first kappa shape index (κ1) is 15.5. The van der Waals surface area contributed by atoms with E-state index in [1.54, 1.807) is 0 Å². The monoisotopic (exact) mass is 274 g/mol. The molecule has 0 aromatic heterocycles. The van der Waals surface area contributed by atoms with E-state index in [9.17, 15) is 0 Å². The van der Waals surface area contributed by atoms with Crippen molar-refractivity contribution in [3.05, 3.63) is 35.4 Å². The molecule has 20 heavy (non-hydrogen) atoms. The van der Waals surface area contributed by atoms with E-state index in [0.29, 0.717) is 12.0 Å². The number of hydrogen-bond donors (Lipinski definition) is 1. The Balaban J connectivity index is 2.01. The summed E-state index contributed by atoms with van der Waals surface area (Å²) in [6.45, 7) is 10.1. The third-order valence-corrected chi connectivity index (χ3v) is 5.00. The van der Waals surface area contributed by atoms with E-state index < -0.39 is 0 Å². The minimum atomic E-state index is 0.507. The quantitative estimate of drug-likeness (QED) is 0.888. The van der Waals surface area contributed by atoms with Gasteiger partial charge in [0.25, 0.3) is 0 Å². The van der Waals surface area contributed by atoms with E-state index in [0.717, 1.165) is 19.0 Å². The van der Waals surface area contributed by atoms with Crippen LogP contribution in [0.15, 0.2) is 24.3 Å². The highest BCUT2D eigenvalue weighted by atomic mass is 15.2. The van der Waals surface area contributed by atoms with Crippen LogP contribution in [-0.2, 0) is 6.42 Å². The molecular formula is C18H30N2. The van der Waals surface area contributed by atoms with Crippen molar-refractivity contribution in [3.63, 3.8) is 0 Å². The molecule has 112 valence electrons. The molecule has 1 heterocycles. The predicted octanol–water partition coefficient (Wildman–Crippen LogP) is 3.62. The van der Waals surface area contributed by atoms with Gasteiger partial charge in [0.15, 0.2) is 0 Å². The molecule has 3 atom stereocenters. The molecule has 0 radical (unpaired) electrons. The second kappa shape index (κ2) is 7.24. The second-order valence-electron chi connectivity index (χ2n) is 6.42. The van der Waals surface area contributed by atoms with E-state index in [1.165, 1.54) is 36.9 Å². The maximum atomic E-state index is 5.92. The maximum Gasteiger partial charge on any atom is 0.0320 e. The van der Waals surface area contributed by atoms with Crippen LogP contribution in [0.1, 0.15) is 50.8 Å². The van der Waals surface area contributed by atoms with Gasteiger partial charge in [-0.1, -0.05) is 44.5 Å². The van der Waals surface area contributed by atoms with Gasteiger partial charge >= 0.3 is 0 Å². The lowest BCUT2D eigenvalue weighted by molar-refractivity contribution is 0.0978. The molecule has 0 spiro atoms. The highest BCUT2D eigenvalue weighted by Gasteiger charge is 2.28. The average molecular weight is 274 g/mol. The molecule has 1 aliphatic rings. The molecule has 0 amide bonds. The van der Waals surface area contributed by atoms with Gasteiger partial charge < -0.3 is 5.73 Å². The van der Waals surface area contributed by atoms with Crippen molar-refractivity contribution < 1.29 is 0 Å². The molecule has 0 aliphatic carbocycles. The Bertz CT molecular complexity index is 398. The molecule has 3 unspecified atom stereocenters. The van der Waals surface area contributed by atoms with Crippen LogP contribution in [0.5, 0.6) is 0 Å². The van der Waals surface area contributed by atoms with E-state index in [-0.39, 0.29) is 0 Å². The highest BCUT2D eigenvalue weighted by molar-refractivity contribution is 5.25. The zero-order valence-electron chi connectivity index (χ0n) is 13.3. The average Bonchev–Trinajstić information content (AvgIpc) is 2.48. The zero-order valence-corrected chi connectivity index (χ0v) is 13.3. The third-order valence-electron chi connectivity index (χ3n) is 5.00. The number of likely N-dealkylation sites (tertiary alicyclic amines) is 1. The fourth-order valence-corrected chi connectivity index (χ4v) is 3.30. The van der Waals surface area contributed by atoms with Gasteiger partial charge in [0.05, 0.1) is 0 Å². The van der Waals surface area contributed by atoms with E-state index in [2.05, 4.69) is 49.9 Å². The van der Waals surface area contributed by atoms with Gasteiger partial charge in [-0.3, -0.25) is 4.90 Å². The van der Waals surface area contributed by atoms with Crippen LogP contribution < -0.4 is 5.73 Å². The Labute approximate surface area is 124 Å². The number of piperidine rings is 1. The van der Waals surface area contributed by atoms with Gasteiger partial charge in [-0.15, -0.1) is 0 Å². The van der Waals surface area contributed by atoms with Gasteiger partial charge in [-0.25, -0.2) is 0 Å². The van der Waals surface area contributed by atoms with Crippen LogP contribution in [-0.4, -0.2) is 24.5 Å². The van der Waals surface area contributed by atoms with Crippen molar-refractivity contribution >= 4 is 0 Å². The standard InChI is InChI=1S/C18H30N2/c1-4-5-16-6-8-17(9-7-16)15(3)20-11-10-14(2)18(12-19)13-20/h6-9,14-15,18H,4-5,10-13,19H2,1-3H3.